The zero-order valence-electron chi connectivity index (χ0n) is 16.9. The molecule has 0 aromatic heterocycles. The summed E-state index contributed by atoms with van der Waals surface area (Å²) in [7, 11) is 0. The van der Waals surface area contributed by atoms with Gasteiger partial charge in [0.2, 0.25) is 18.3 Å². The second-order valence-electron chi connectivity index (χ2n) is 6.20. The number of hydrogen-bond donors (Lipinski definition) is 1. The van der Waals surface area contributed by atoms with Gasteiger partial charge in [-0.3, -0.25) is 24.6 Å². The van der Waals surface area contributed by atoms with Crippen molar-refractivity contribution >= 4 is 53.0 Å². The topological polar surface area (TPSA) is 171 Å². The Balaban J connectivity index is 3.41. The molecule has 0 unspecified atom stereocenters. The minimum absolute atomic E-state index is 0.490. The molecular weight excluding hydrogens is 463 g/mol. The first-order valence-electron chi connectivity index (χ1n) is 8.63. The first-order valence-corrected chi connectivity index (χ1v) is 9.39. The molecule has 1 N–H and O–H groups in total. The lowest BCUT2D eigenvalue weighted by molar-refractivity contribution is -0.292. The summed E-state index contributed by atoms with van der Waals surface area (Å²) in [4.78, 5) is 46.2. The molecule has 1 rings (SSSR count). The van der Waals surface area contributed by atoms with Gasteiger partial charge in [-0.1, -0.05) is 23.2 Å². The van der Waals surface area contributed by atoms with E-state index < -0.39 is 71.4 Å². The summed E-state index contributed by atoms with van der Waals surface area (Å²) in [5.41, 5.74) is 0. The molecule has 0 amide bonds. The maximum atomic E-state index is 11.7. The molecule has 0 aromatic carbocycles. The van der Waals surface area contributed by atoms with E-state index in [0.717, 1.165) is 27.7 Å². The van der Waals surface area contributed by atoms with Crippen LogP contribution in [0.4, 0.5) is 0 Å². The molecular formula is C17H20Cl2N2O10. The molecule has 172 valence electrons. The molecule has 0 aromatic rings. The summed E-state index contributed by atoms with van der Waals surface area (Å²) < 4.78 is 28.7. The number of hydrogen-bond acceptors (Lipinski definition) is 12. The van der Waals surface area contributed by atoms with E-state index in [1.807, 2.05) is 0 Å². The minimum Gasteiger partial charge on any atom is -0.463 e. The van der Waals surface area contributed by atoms with Crippen molar-refractivity contribution in [3.63, 3.8) is 0 Å². The Kier molecular flexibility index (Phi) is 9.48. The van der Waals surface area contributed by atoms with Crippen LogP contribution in [0.3, 0.4) is 0 Å². The van der Waals surface area contributed by atoms with E-state index in [4.69, 9.17) is 62.3 Å². The van der Waals surface area contributed by atoms with Crippen LogP contribution in [0.2, 0.25) is 0 Å². The molecule has 1 aliphatic heterocycles. The summed E-state index contributed by atoms with van der Waals surface area (Å²) in [5, 5.41) is 16.8. The molecule has 14 heteroatoms. The van der Waals surface area contributed by atoms with Crippen LogP contribution in [0.1, 0.15) is 27.7 Å². The number of halogens is 2. The average Bonchev–Trinajstić information content (AvgIpc) is 2.63. The first kappa shape index (κ1) is 26.4. The summed E-state index contributed by atoms with van der Waals surface area (Å²) in [6.07, 6.45) is -7.48. The van der Waals surface area contributed by atoms with Gasteiger partial charge >= 0.3 is 23.9 Å². The molecule has 1 heterocycles. The second-order valence-corrected chi connectivity index (χ2v) is 7.53. The fraction of sp³-hybridized carbons (Fsp3) is 0.647. The standard InChI is InChI=1S/C17H20Cl2N2O10/c1-7(22)26-5-11-12(27-8(2)23)13(28-9(3)24)14(29-10(4)25)15(30-11)31-16(21)17(18,19)6-20/h11-15,21H,5H2,1-4H3/t11-,12+,13+,14-,15-/m1/s1. The van der Waals surface area contributed by atoms with Crippen LogP contribution in [-0.4, -0.2) is 71.4 Å². The van der Waals surface area contributed by atoms with Crippen LogP contribution in [0.5, 0.6) is 0 Å². The Bertz CT molecular complexity index is 781. The Morgan fingerprint density at radius 1 is 0.903 bits per heavy atom. The van der Waals surface area contributed by atoms with Gasteiger partial charge in [0.05, 0.1) is 0 Å². The molecule has 0 radical (unpaired) electrons. The number of ether oxygens (including phenoxy) is 6. The molecule has 5 atom stereocenters. The van der Waals surface area contributed by atoms with E-state index in [-0.39, 0.29) is 0 Å². The van der Waals surface area contributed by atoms with Crippen molar-refractivity contribution < 1.29 is 47.6 Å². The van der Waals surface area contributed by atoms with Crippen LogP contribution in [0, 0.1) is 16.7 Å². The maximum Gasteiger partial charge on any atom is 0.303 e. The highest BCUT2D eigenvalue weighted by molar-refractivity contribution is 6.59. The van der Waals surface area contributed by atoms with E-state index in [1.54, 1.807) is 0 Å². The van der Waals surface area contributed by atoms with Gasteiger partial charge in [-0.2, -0.15) is 5.26 Å². The van der Waals surface area contributed by atoms with Crippen LogP contribution in [-0.2, 0) is 47.6 Å². The van der Waals surface area contributed by atoms with E-state index in [9.17, 15) is 19.2 Å². The fourth-order valence-electron chi connectivity index (χ4n) is 2.52. The third kappa shape index (κ3) is 7.86. The van der Waals surface area contributed by atoms with Crippen LogP contribution in [0.15, 0.2) is 0 Å². The van der Waals surface area contributed by atoms with Crippen molar-refractivity contribution in [3.05, 3.63) is 0 Å². The SMILES string of the molecule is CC(=O)OC[C@H]1O[C@H](OC(=N)C(Cl)(Cl)C#N)[C@H](OC(C)=O)[C@@H](OC(C)=O)[C@H]1OC(C)=O. The van der Waals surface area contributed by atoms with Gasteiger partial charge in [-0.05, 0) is 0 Å². The minimum atomic E-state index is -2.42. The number of carbonyl (C=O) groups is 4. The van der Waals surface area contributed by atoms with Crippen LogP contribution in [0.25, 0.3) is 0 Å². The van der Waals surface area contributed by atoms with Crippen molar-refractivity contribution in [2.75, 3.05) is 6.61 Å². The third-order valence-corrected chi connectivity index (χ3v) is 4.12. The largest absolute Gasteiger partial charge is 0.463 e. The summed E-state index contributed by atoms with van der Waals surface area (Å²) >= 11 is 11.3. The lowest BCUT2D eigenvalue weighted by Crippen LogP contribution is -2.63. The highest BCUT2D eigenvalue weighted by Gasteiger charge is 2.54. The predicted molar refractivity (Wildman–Crippen MR) is 101 cm³/mol. The number of nitrogens with one attached hydrogen (secondary N) is 1. The van der Waals surface area contributed by atoms with Gasteiger partial charge in [0.15, 0.2) is 12.2 Å². The maximum absolute atomic E-state index is 11.7. The number of carbonyl (C=O) groups excluding carboxylic acids is 4. The van der Waals surface area contributed by atoms with E-state index in [2.05, 4.69) is 0 Å². The molecule has 1 aliphatic rings. The van der Waals surface area contributed by atoms with Crippen molar-refractivity contribution in [1.29, 1.82) is 10.7 Å². The van der Waals surface area contributed by atoms with Crippen LogP contribution >= 0.6 is 23.2 Å². The summed E-state index contributed by atoms with van der Waals surface area (Å²) in [6, 6.07) is 1.41. The molecule has 12 nitrogen and oxygen atoms in total. The fourth-order valence-corrected chi connectivity index (χ4v) is 2.61. The number of rotatable bonds is 7. The van der Waals surface area contributed by atoms with Gasteiger partial charge in [0.1, 0.15) is 18.8 Å². The van der Waals surface area contributed by atoms with E-state index in [1.165, 1.54) is 6.07 Å². The zero-order valence-corrected chi connectivity index (χ0v) is 18.4. The van der Waals surface area contributed by atoms with Crippen molar-refractivity contribution in [1.82, 2.24) is 0 Å². The first-order chi connectivity index (χ1) is 14.3. The number of nitrogens with zero attached hydrogens (tertiary/aromatic N) is 1. The summed E-state index contributed by atoms with van der Waals surface area (Å²) in [6.45, 7) is 3.76. The Labute approximate surface area is 187 Å². The number of alkyl halides is 2. The molecule has 1 fully saturated rings. The molecule has 0 spiro atoms. The third-order valence-electron chi connectivity index (χ3n) is 3.61. The monoisotopic (exact) mass is 482 g/mol. The Morgan fingerprint density at radius 3 is 1.84 bits per heavy atom. The lowest BCUT2D eigenvalue weighted by Gasteiger charge is -2.44. The average molecular weight is 483 g/mol. The van der Waals surface area contributed by atoms with Crippen molar-refractivity contribution in [3.8, 4) is 6.07 Å². The second kappa shape index (κ2) is 11.1. The van der Waals surface area contributed by atoms with Crippen molar-refractivity contribution in [2.24, 2.45) is 0 Å². The zero-order chi connectivity index (χ0) is 23.9. The van der Waals surface area contributed by atoms with Crippen LogP contribution < -0.4 is 0 Å². The lowest BCUT2D eigenvalue weighted by atomic mass is 9.98. The van der Waals surface area contributed by atoms with Gasteiger partial charge in [0, 0.05) is 27.7 Å². The van der Waals surface area contributed by atoms with E-state index >= 15 is 0 Å². The molecule has 1 saturated heterocycles. The van der Waals surface area contributed by atoms with Crippen molar-refractivity contribution in [2.45, 2.75) is 62.7 Å². The molecule has 31 heavy (non-hydrogen) atoms. The number of esters is 4. The van der Waals surface area contributed by atoms with Gasteiger partial charge in [-0.15, -0.1) is 0 Å². The Morgan fingerprint density at radius 2 is 1.39 bits per heavy atom. The predicted octanol–water partition coefficient (Wildman–Crippen LogP) is 0.761. The van der Waals surface area contributed by atoms with Gasteiger partial charge < -0.3 is 28.4 Å². The quantitative estimate of drug-likeness (QED) is 0.178. The molecule has 0 bridgehead atoms. The normalized spacial score (nSPS) is 25.4. The Hall–Kier alpha value is -2.62. The highest BCUT2D eigenvalue weighted by Crippen LogP contribution is 2.32. The van der Waals surface area contributed by atoms with E-state index in [0.29, 0.717) is 0 Å². The van der Waals surface area contributed by atoms with Gasteiger partial charge in [-0.25, -0.2) is 0 Å². The highest BCUT2D eigenvalue weighted by atomic mass is 35.5. The summed E-state index contributed by atoms with van der Waals surface area (Å²) in [5.74, 6) is -4.21. The molecule has 0 aliphatic carbocycles. The smallest absolute Gasteiger partial charge is 0.303 e. The molecule has 0 saturated carbocycles. The van der Waals surface area contributed by atoms with Gasteiger partial charge in [0.25, 0.3) is 4.33 Å². The number of nitriles is 1.